The molecule has 3 amide bonds. The lowest BCUT2D eigenvalue weighted by Gasteiger charge is -2.17. The number of ether oxygens (including phenoxy) is 2. The Morgan fingerprint density at radius 1 is 1.06 bits per heavy atom. The molecule has 8 heteroatoms. The van der Waals surface area contributed by atoms with Gasteiger partial charge in [-0.15, -0.1) is 11.3 Å². The zero-order valence-electron chi connectivity index (χ0n) is 17.1. The molecular weight excluding hydrogens is 428 g/mol. The minimum absolute atomic E-state index is 0.0910. The lowest BCUT2D eigenvalue weighted by atomic mass is 10.1. The molecule has 0 bridgehead atoms. The molecule has 0 radical (unpaired) electrons. The van der Waals surface area contributed by atoms with Gasteiger partial charge in [0, 0.05) is 12.3 Å². The van der Waals surface area contributed by atoms with E-state index in [0.29, 0.717) is 39.8 Å². The van der Waals surface area contributed by atoms with Crippen LogP contribution >= 0.6 is 11.3 Å². The van der Waals surface area contributed by atoms with E-state index in [-0.39, 0.29) is 30.4 Å². The molecule has 7 nitrogen and oxygen atoms in total. The van der Waals surface area contributed by atoms with Crippen molar-refractivity contribution in [1.82, 2.24) is 4.90 Å². The standard InChI is InChI=1S/C24H20N2O5S/c27-22(21-4-2-12-32-21)25-15-5-7-16(8-6-15)31-17-9-10-19-20(13-17)24(29)26(23(19)28)14-18-3-1-11-30-18/h2,4-10,12-13,18H,1,3,11,14H2,(H,25,27). The summed E-state index contributed by atoms with van der Waals surface area (Å²) in [5.74, 6) is 0.227. The van der Waals surface area contributed by atoms with Crippen LogP contribution in [0.25, 0.3) is 0 Å². The summed E-state index contributed by atoms with van der Waals surface area (Å²) in [7, 11) is 0. The van der Waals surface area contributed by atoms with Gasteiger partial charge in [0.15, 0.2) is 0 Å². The van der Waals surface area contributed by atoms with Crippen LogP contribution in [0, 0.1) is 0 Å². The maximum atomic E-state index is 12.8. The lowest BCUT2D eigenvalue weighted by Crippen LogP contribution is -2.36. The van der Waals surface area contributed by atoms with Crippen LogP contribution in [0.2, 0.25) is 0 Å². The Kier molecular flexibility index (Phi) is 5.46. The second-order valence-corrected chi connectivity index (χ2v) is 8.57. The minimum Gasteiger partial charge on any atom is -0.457 e. The highest BCUT2D eigenvalue weighted by atomic mass is 32.1. The predicted molar refractivity (Wildman–Crippen MR) is 120 cm³/mol. The number of hydrogen-bond acceptors (Lipinski definition) is 6. The number of imide groups is 1. The van der Waals surface area contributed by atoms with E-state index in [1.165, 1.54) is 16.2 Å². The largest absolute Gasteiger partial charge is 0.457 e. The molecule has 1 fully saturated rings. The van der Waals surface area contributed by atoms with Crippen molar-refractivity contribution in [3.8, 4) is 11.5 Å². The Hall–Kier alpha value is -3.49. The van der Waals surface area contributed by atoms with Crippen molar-refractivity contribution in [1.29, 1.82) is 0 Å². The van der Waals surface area contributed by atoms with Gasteiger partial charge in [-0.1, -0.05) is 6.07 Å². The van der Waals surface area contributed by atoms with Gasteiger partial charge < -0.3 is 14.8 Å². The normalized spacial score (nSPS) is 17.5. The Labute approximate surface area is 188 Å². The summed E-state index contributed by atoms with van der Waals surface area (Å²) in [4.78, 5) is 39.5. The highest BCUT2D eigenvalue weighted by molar-refractivity contribution is 7.12. The lowest BCUT2D eigenvalue weighted by molar-refractivity contribution is 0.0475. The summed E-state index contributed by atoms with van der Waals surface area (Å²) < 4.78 is 11.4. The SMILES string of the molecule is O=C(Nc1ccc(Oc2ccc3c(c2)C(=O)N(CC2CCCO2)C3=O)cc1)c1cccs1. The number of fused-ring (bicyclic) bond motifs is 1. The van der Waals surface area contributed by atoms with E-state index in [2.05, 4.69) is 5.32 Å². The fourth-order valence-corrected chi connectivity index (χ4v) is 4.45. The van der Waals surface area contributed by atoms with E-state index in [9.17, 15) is 14.4 Å². The van der Waals surface area contributed by atoms with Gasteiger partial charge in [-0.25, -0.2) is 0 Å². The second-order valence-electron chi connectivity index (χ2n) is 7.62. The molecule has 2 aromatic carbocycles. The molecule has 1 N–H and O–H groups in total. The second kappa shape index (κ2) is 8.57. The molecule has 0 saturated carbocycles. The van der Waals surface area contributed by atoms with Crippen LogP contribution in [0.15, 0.2) is 60.0 Å². The molecule has 32 heavy (non-hydrogen) atoms. The number of rotatable bonds is 6. The molecule has 1 saturated heterocycles. The van der Waals surface area contributed by atoms with Crippen LogP contribution in [0.1, 0.15) is 43.2 Å². The summed E-state index contributed by atoms with van der Waals surface area (Å²) >= 11 is 1.38. The Bertz CT molecular complexity index is 1170. The fourth-order valence-electron chi connectivity index (χ4n) is 3.83. The van der Waals surface area contributed by atoms with Gasteiger partial charge >= 0.3 is 0 Å². The first-order chi connectivity index (χ1) is 15.6. The van der Waals surface area contributed by atoms with Crippen LogP contribution in [0.5, 0.6) is 11.5 Å². The van der Waals surface area contributed by atoms with Crippen molar-refractivity contribution in [2.24, 2.45) is 0 Å². The van der Waals surface area contributed by atoms with E-state index in [1.54, 1.807) is 48.5 Å². The first kappa shape index (κ1) is 20.4. The molecule has 0 spiro atoms. The minimum atomic E-state index is -0.322. The van der Waals surface area contributed by atoms with Crippen molar-refractivity contribution >= 4 is 34.7 Å². The Morgan fingerprint density at radius 2 is 1.84 bits per heavy atom. The van der Waals surface area contributed by atoms with Crippen molar-refractivity contribution < 1.29 is 23.9 Å². The first-order valence-electron chi connectivity index (χ1n) is 10.3. The maximum Gasteiger partial charge on any atom is 0.265 e. The predicted octanol–water partition coefficient (Wildman–Crippen LogP) is 4.57. The van der Waals surface area contributed by atoms with Crippen LogP contribution in [0.3, 0.4) is 0 Å². The maximum absolute atomic E-state index is 12.8. The molecule has 162 valence electrons. The highest BCUT2D eigenvalue weighted by Gasteiger charge is 2.37. The molecule has 1 aromatic heterocycles. The molecule has 2 aliphatic heterocycles. The third-order valence-corrected chi connectivity index (χ3v) is 6.31. The molecule has 1 atom stereocenters. The van der Waals surface area contributed by atoms with Gasteiger partial charge in [0.2, 0.25) is 0 Å². The smallest absolute Gasteiger partial charge is 0.265 e. The van der Waals surface area contributed by atoms with E-state index in [0.717, 1.165) is 12.8 Å². The van der Waals surface area contributed by atoms with Crippen LogP contribution in [0.4, 0.5) is 5.69 Å². The van der Waals surface area contributed by atoms with Gasteiger partial charge in [-0.2, -0.15) is 0 Å². The monoisotopic (exact) mass is 448 g/mol. The number of nitrogens with one attached hydrogen (secondary N) is 1. The average molecular weight is 449 g/mol. The molecule has 3 aromatic rings. The third kappa shape index (κ3) is 4.02. The number of carbonyl (C=O) groups is 3. The van der Waals surface area contributed by atoms with Gasteiger partial charge in [0.25, 0.3) is 17.7 Å². The average Bonchev–Trinajstić information content (AvgIpc) is 3.55. The van der Waals surface area contributed by atoms with Crippen molar-refractivity contribution in [2.45, 2.75) is 18.9 Å². The molecule has 1 unspecified atom stereocenters. The van der Waals surface area contributed by atoms with Crippen LogP contribution < -0.4 is 10.1 Å². The molecule has 5 rings (SSSR count). The molecular formula is C24H20N2O5S. The molecule has 2 aliphatic rings. The number of thiophene rings is 1. The number of hydrogen-bond donors (Lipinski definition) is 1. The number of benzene rings is 2. The number of amides is 3. The van der Waals surface area contributed by atoms with E-state index < -0.39 is 0 Å². The van der Waals surface area contributed by atoms with Crippen LogP contribution in [-0.4, -0.2) is 41.9 Å². The Balaban J connectivity index is 1.26. The zero-order valence-corrected chi connectivity index (χ0v) is 17.9. The summed E-state index contributed by atoms with van der Waals surface area (Å²) in [6.45, 7) is 0.948. The van der Waals surface area contributed by atoms with Gasteiger partial charge in [-0.3, -0.25) is 19.3 Å². The van der Waals surface area contributed by atoms with Crippen LogP contribution in [-0.2, 0) is 4.74 Å². The topological polar surface area (TPSA) is 84.9 Å². The number of nitrogens with zero attached hydrogens (tertiary/aromatic N) is 1. The fraction of sp³-hybridized carbons (Fsp3) is 0.208. The summed E-state index contributed by atoms with van der Waals surface area (Å²) in [6, 6.07) is 15.4. The first-order valence-corrected chi connectivity index (χ1v) is 11.2. The van der Waals surface area contributed by atoms with E-state index >= 15 is 0 Å². The highest BCUT2D eigenvalue weighted by Crippen LogP contribution is 2.31. The van der Waals surface area contributed by atoms with Crippen molar-refractivity contribution in [3.63, 3.8) is 0 Å². The van der Waals surface area contributed by atoms with Gasteiger partial charge in [0.1, 0.15) is 11.5 Å². The van der Waals surface area contributed by atoms with E-state index in [1.807, 2.05) is 11.4 Å². The molecule has 3 heterocycles. The van der Waals surface area contributed by atoms with Gasteiger partial charge in [-0.05, 0) is 66.8 Å². The summed E-state index contributed by atoms with van der Waals surface area (Å²) in [5, 5.41) is 4.68. The molecule has 0 aliphatic carbocycles. The third-order valence-electron chi connectivity index (χ3n) is 5.45. The Morgan fingerprint density at radius 3 is 2.56 bits per heavy atom. The summed E-state index contributed by atoms with van der Waals surface area (Å²) in [6.07, 6.45) is 1.71. The van der Waals surface area contributed by atoms with Gasteiger partial charge in [0.05, 0.1) is 28.7 Å². The van der Waals surface area contributed by atoms with E-state index in [4.69, 9.17) is 9.47 Å². The number of anilines is 1. The van der Waals surface area contributed by atoms with Crippen molar-refractivity contribution in [3.05, 3.63) is 76.0 Å². The quantitative estimate of drug-likeness (QED) is 0.559. The van der Waals surface area contributed by atoms with Crippen molar-refractivity contribution in [2.75, 3.05) is 18.5 Å². The zero-order chi connectivity index (χ0) is 22.1. The summed E-state index contributed by atoms with van der Waals surface area (Å²) in [5.41, 5.74) is 1.37. The number of carbonyl (C=O) groups excluding carboxylic acids is 3.